The molecule has 2 aliphatic heterocycles. The van der Waals surface area contributed by atoms with Gasteiger partial charge >= 0.3 is 6.03 Å². The van der Waals surface area contributed by atoms with E-state index >= 15 is 0 Å². The Kier molecular flexibility index (Phi) is 4.39. The van der Waals surface area contributed by atoms with E-state index in [2.05, 4.69) is 10.6 Å². The monoisotopic (exact) mass is 344 g/mol. The molecule has 3 heterocycles. The Bertz CT molecular complexity index is 764. The minimum absolute atomic E-state index is 0.118. The van der Waals surface area contributed by atoms with E-state index in [0.29, 0.717) is 19.8 Å². The fourth-order valence-electron chi connectivity index (χ4n) is 3.80. The molecule has 4 rings (SSSR count). The lowest BCUT2D eigenvalue weighted by Crippen LogP contribution is -2.51. The third kappa shape index (κ3) is 3.37. The van der Waals surface area contributed by atoms with Gasteiger partial charge in [-0.3, -0.25) is 0 Å². The largest absolute Gasteiger partial charge is 0.459 e. The molecule has 0 radical (unpaired) electrons. The lowest BCUT2D eigenvalue weighted by molar-refractivity contribution is -0.0878. The lowest BCUT2D eigenvalue weighted by Gasteiger charge is -2.37. The van der Waals surface area contributed by atoms with E-state index in [1.807, 2.05) is 31.2 Å². The van der Waals surface area contributed by atoms with Crippen LogP contribution in [0, 0.1) is 6.92 Å². The zero-order valence-electron chi connectivity index (χ0n) is 14.5. The normalized spacial score (nSPS) is 26.2. The molecule has 0 aliphatic carbocycles. The summed E-state index contributed by atoms with van der Waals surface area (Å²) in [4.78, 5) is 12.3. The first-order valence-electron chi connectivity index (χ1n) is 8.88. The quantitative estimate of drug-likeness (QED) is 0.898. The Morgan fingerprint density at radius 1 is 1.32 bits per heavy atom. The fraction of sp³-hybridized carbons (Fsp3) is 0.526. The minimum atomic E-state index is -0.203. The molecule has 134 valence electrons. The zero-order chi connectivity index (χ0) is 17.3. The first-order chi connectivity index (χ1) is 12.2. The van der Waals surface area contributed by atoms with Crippen molar-refractivity contribution in [2.45, 2.75) is 44.4 Å². The van der Waals surface area contributed by atoms with Gasteiger partial charge in [0.15, 0.2) is 0 Å². The van der Waals surface area contributed by atoms with E-state index in [9.17, 15) is 4.79 Å². The third-order valence-corrected chi connectivity index (χ3v) is 5.25. The van der Waals surface area contributed by atoms with Gasteiger partial charge in [-0.1, -0.05) is 18.2 Å². The van der Waals surface area contributed by atoms with Gasteiger partial charge in [-0.05, 0) is 25.8 Å². The highest BCUT2D eigenvalue weighted by Gasteiger charge is 2.41. The summed E-state index contributed by atoms with van der Waals surface area (Å²) in [6, 6.07) is 7.86. The highest BCUT2D eigenvalue weighted by atomic mass is 16.6. The van der Waals surface area contributed by atoms with Crippen molar-refractivity contribution < 1.29 is 18.7 Å². The van der Waals surface area contributed by atoms with Gasteiger partial charge in [0, 0.05) is 36.6 Å². The van der Waals surface area contributed by atoms with E-state index < -0.39 is 0 Å². The number of para-hydroxylation sites is 1. The molecule has 2 aromatic rings. The maximum Gasteiger partial charge on any atom is 0.315 e. The van der Waals surface area contributed by atoms with Crippen LogP contribution in [0.1, 0.15) is 30.6 Å². The molecule has 2 amide bonds. The third-order valence-electron chi connectivity index (χ3n) is 5.25. The molecular weight excluding hydrogens is 320 g/mol. The van der Waals surface area contributed by atoms with Crippen molar-refractivity contribution in [1.29, 1.82) is 0 Å². The van der Waals surface area contributed by atoms with Crippen LogP contribution in [0.15, 0.2) is 28.7 Å². The number of urea groups is 1. The lowest BCUT2D eigenvalue weighted by atomic mass is 9.90. The van der Waals surface area contributed by atoms with Gasteiger partial charge in [0.1, 0.15) is 11.3 Å². The predicted octanol–water partition coefficient (Wildman–Crippen LogP) is 2.88. The molecule has 6 heteroatoms. The molecule has 0 bridgehead atoms. The van der Waals surface area contributed by atoms with Crippen LogP contribution in [-0.2, 0) is 16.0 Å². The van der Waals surface area contributed by atoms with Crippen LogP contribution in [-0.4, -0.2) is 37.5 Å². The van der Waals surface area contributed by atoms with Crippen molar-refractivity contribution in [2.24, 2.45) is 0 Å². The molecule has 1 spiro atoms. The van der Waals surface area contributed by atoms with Gasteiger partial charge in [0.25, 0.3) is 0 Å². The van der Waals surface area contributed by atoms with Crippen LogP contribution < -0.4 is 10.6 Å². The number of amides is 2. The van der Waals surface area contributed by atoms with E-state index in [0.717, 1.165) is 48.2 Å². The van der Waals surface area contributed by atoms with Gasteiger partial charge in [0.05, 0.1) is 18.8 Å². The van der Waals surface area contributed by atoms with Crippen LogP contribution >= 0.6 is 0 Å². The molecule has 2 saturated heterocycles. The van der Waals surface area contributed by atoms with Crippen LogP contribution in [0.4, 0.5) is 4.79 Å². The number of aryl methyl sites for hydroxylation is 1. The van der Waals surface area contributed by atoms with Crippen LogP contribution in [0.3, 0.4) is 0 Å². The summed E-state index contributed by atoms with van der Waals surface area (Å²) in [5.74, 6) is 0.795. The number of carbonyl (C=O) groups excluding carboxylic acids is 1. The van der Waals surface area contributed by atoms with Crippen molar-refractivity contribution in [3.8, 4) is 0 Å². The first kappa shape index (κ1) is 16.4. The van der Waals surface area contributed by atoms with Gasteiger partial charge in [0.2, 0.25) is 0 Å². The second kappa shape index (κ2) is 6.69. The van der Waals surface area contributed by atoms with Crippen molar-refractivity contribution in [3.05, 3.63) is 35.6 Å². The van der Waals surface area contributed by atoms with Gasteiger partial charge in [-0.2, -0.15) is 0 Å². The fourth-order valence-corrected chi connectivity index (χ4v) is 3.80. The van der Waals surface area contributed by atoms with Crippen LogP contribution in [0.2, 0.25) is 0 Å². The molecule has 2 N–H and O–H groups in total. The van der Waals surface area contributed by atoms with Crippen LogP contribution in [0.5, 0.6) is 0 Å². The number of fused-ring (bicyclic) bond motifs is 1. The second-order valence-electron chi connectivity index (χ2n) is 7.00. The molecule has 1 aromatic carbocycles. The Morgan fingerprint density at radius 3 is 3.00 bits per heavy atom. The Morgan fingerprint density at radius 2 is 2.20 bits per heavy atom. The van der Waals surface area contributed by atoms with Gasteiger partial charge in [-0.15, -0.1) is 0 Å². The van der Waals surface area contributed by atoms with Crippen molar-refractivity contribution in [1.82, 2.24) is 10.6 Å². The Hall–Kier alpha value is -2.05. The summed E-state index contributed by atoms with van der Waals surface area (Å²) < 4.78 is 17.2. The molecule has 1 aromatic heterocycles. The Labute approximate surface area is 146 Å². The number of benzene rings is 1. The predicted molar refractivity (Wildman–Crippen MR) is 93.5 cm³/mol. The van der Waals surface area contributed by atoms with Gasteiger partial charge in [-0.25, -0.2) is 4.79 Å². The maximum absolute atomic E-state index is 12.3. The summed E-state index contributed by atoms with van der Waals surface area (Å²) in [6.07, 6.45) is 2.55. The summed E-state index contributed by atoms with van der Waals surface area (Å²) >= 11 is 0. The molecule has 2 aliphatic rings. The number of ether oxygens (including phenoxy) is 2. The highest BCUT2D eigenvalue weighted by Crippen LogP contribution is 2.32. The van der Waals surface area contributed by atoms with E-state index in [4.69, 9.17) is 13.9 Å². The molecule has 6 nitrogen and oxygen atoms in total. The minimum Gasteiger partial charge on any atom is -0.459 e. The molecular formula is C19H24N2O4. The summed E-state index contributed by atoms with van der Waals surface area (Å²) in [5, 5.41) is 7.07. The zero-order valence-corrected chi connectivity index (χ0v) is 14.5. The second-order valence-corrected chi connectivity index (χ2v) is 7.00. The average molecular weight is 344 g/mol. The summed E-state index contributed by atoms with van der Waals surface area (Å²) in [6.45, 7) is 4.43. The van der Waals surface area contributed by atoms with Crippen molar-refractivity contribution >= 4 is 17.0 Å². The number of nitrogens with one attached hydrogen (secondary N) is 2. The van der Waals surface area contributed by atoms with Crippen molar-refractivity contribution in [2.75, 3.05) is 19.8 Å². The average Bonchev–Trinajstić information content (AvgIpc) is 3.18. The summed E-state index contributed by atoms with van der Waals surface area (Å²) in [5.41, 5.74) is 1.72. The highest BCUT2D eigenvalue weighted by molar-refractivity contribution is 5.82. The molecule has 25 heavy (non-hydrogen) atoms. The molecule has 0 saturated carbocycles. The maximum atomic E-state index is 12.3. The van der Waals surface area contributed by atoms with Gasteiger partial charge < -0.3 is 24.5 Å². The standard InChI is InChI=1S/C19H24N2O4/c1-13-15-4-2-3-5-16(15)25-17(13)11-20-18(22)21-14-6-8-24-19(10-14)7-9-23-12-19/h2-5,14H,6-12H2,1H3,(H2,20,21,22). The number of hydrogen-bond acceptors (Lipinski definition) is 4. The number of carbonyl (C=O) groups is 1. The summed E-state index contributed by atoms with van der Waals surface area (Å²) in [7, 11) is 0. The smallest absolute Gasteiger partial charge is 0.315 e. The van der Waals surface area contributed by atoms with Crippen molar-refractivity contribution in [3.63, 3.8) is 0 Å². The first-order valence-corrected chi connectivity index (χ1v) is 8.88. The topological polar surface area (TPSA) is 72.7 Å². The number of furan rings is 1. The number of hydrogen-bond donors (Lipinski definition) is 2. The SMILES string of the molecule is Cc1c(CNC(=O)NC2CCOC3(CCOC3)C2)oc2ccccc12. The molecule has 2 unspecified atom stereocenters. The molecule has 2 fully saturated rings. The Balaban J connectivity index is 1.33. The molecule has 2 atom stereocenters. The van der Waals surface area contributed by atoms with Crippen LogP contribution in [0.25, 0.3) is 11.0 Å². The number of rotatable bonds is 3. The van der Waals surface area contributed by atoms with E-state index in [1.54, 1.807) is 0 Å². The van der Waals surface area contributed by atoms with E-state index in [1.165, 1.54) is 0 Å². The van der Waals surface area contributed by atoms with E-state index in [-0.39, 0.29) is 17.7 Å².